The lowest BCUT2D eigenvalue weighted by Gasteiger charge is -2.21. The lowest BCUT2D eigenvalue weighted by atomic mass is 10.0. The Bertz CT molecular complexity index is 764. The number of aliphatic hydroxyl groups is 1. The minimum Gasteiger partial charge on any atom is -0.386 e. The average molecular weight is 343 g/mol. The second-order valence-corrected chi connectivity index (χ2v) is 6.40. The standard InChI is InChI=1S/C19H22FN3O2/c1-12(18(24)14-3-6-15(20)7-4-14)21-19(25)22-16-8-5-13-9-10-23(2)17(13)11-16/h3-8,11-12,18,24H,9-10H2,1-2H3,(H2,21,22,25). The Hall–Kier alpha value is -2.60. The van der Waals surface area contributed by atoms with Crippen LogP contribution in [0.3, 0.4) is 0 Å². The number of carbonyl (C=O) groups excluding carboxylic acids is 1. The zero-order valence-electron chi connectivity index (χ0n) is 14.3. The molecule has 2 amide bonds. The summed E-state index contributed by atoms with van der Waals surface area (Å²) in [6.45, 7) is 2.68. The van der Waals surface area contributed by atoms with Gasteiger partial charge in [0.05, 0.1) is 12.1 Å². The summed E-state index contributed by atoms with van der Waals surface area (Å²) in [4.78, 5) is 14.3. The maximum absolute atomic E-state index is 13.0. The van der Waals surface area contributed by atoms with Gasteiger partial charge in [0.1, 0.15) is 5.82 Å². The van der Waals surface area contributed by atoms with Gasteiger partial charge in [0, 0.05) is 25.0 Å². The van der Waals surface area contributed by atoms with Crippen LogP contribution < -0.4 is 15.5 Å². The highest BCUT2D eigenvalue weighted by molar-refractivity contribution is 5.90. The van der Waals surface area contributed by atoms with E-state index in [1.807, 2.05) is 25.2 Å². The van der Waals surface area contributed by atoms with Crippen LogP contribution >= 0.6 is 0 Å². The summed E-state index contributed by atoms with van der Waals surface area (Å²) in [5, 5.41) is 15.8. The molecule has 0 aromatic heterocycles. The maximum Gasteiger partial charge on any atom is 0.319 e. The fourth-order valence-corrected chi connectivity index (χ4v) is 3.02. The summed E-state index contributed by atoms with van der Waals surface area (Å²) in [6.07, 6.45) is 0.0941. The first-order valence-electron chi connectivity index (χ1n) is 8.29. The molecule has 1 aliphatic heterocycles. The smallest absolute Gasteiger partial charge is 0.319 e. The van der Waals surface area contributed by atoms with Crippen LogP contribution in [0.2, 0.25) is 0 Å². The molecule has 3 rings (SSSR count). The number of aliphatic hydroxyl groups excluding tert-OH is 1. The summed E-state index contributed by atoms with van der Waals surface area (Å²) in [5.41, 5.74) is 3.65. The summed E-state index contributed by atoms with van der Waals surface area (Å²) in [6, 6.07) is 10.5. The molecular weight excluding hydrogens is 321 g/mol. The highest BCUT2D eigenvalue weighted by Gasteiger charge is 2.20. The molecule has 1 aliphatic rings. The molecule has 2 atom stereocenters. The number of hydrogen-bond acceptors (Lipinski definition) is 3. The van der Waals surface area contributed by atoms with Gasteiger partial charge in [-0.3, -0.25) is 0 Å². The Labute approximate surface area is 146 Å². The first-order valence-corrected chi connectivity index (χ1v) is 8.29. The van der Waals surface area contributed by atoms with Gasteiger partial charge in [0.25, 0.3) is 0 Å². The molecule has 2 aromatic carbocycles. The van der Waals surface area contributed by atoms with Gasteiger partial charge in [-0.15, -0.1) is 0 Å². The summed E-state index contributed by atoms with van der Waals surface area (Å²) >= 11 is 0. The number of carbonyl (C=O) groups is 1. The van der Waals surface area contributed by atoms with E-state index in [0.717, 1.165) is 18.7 Å². The molecule has 6 heteroatoms. The number of urea groups is 1. The molecule has 132 valence electrons. The van der Waals surface area contributed by atoms with Crippen molar-refractivity contribution < 1.29 is 14.3 Å². The maximum atomic E-state index is 13.0. The van der Waals surface area contributed by atoms with Crippen molar-refractivity contribution in [3.8, 4) is 0 Å². The van der Waals surface area contributed by atoms with E-state index in [4.69, 9.17) is 0 Å². The molecule has 0 radical (unpaired) electrons. The molecule has 5 nitrogen and oxygen atoms in total. The lowest BCUT2D eigenvalue weighted by Crippen LogP contribution is -2.39. The van der Waals surface area contributed by atoms with Crippen LogP contribution in [0.5, 0.6) is 0 Å². The predicted molar refractivity (Wildman–Crippen MR) is 96.4 cm³/mol. The van der Waals surface area contributed by atoms with Gasteiger partial charge >= 0.3 is 6.03 Å². The number of nitrogens with zero attached hydrogens (tertiary/aromatic N) is 1. The van der Waals surface area contributed by atoms with Crippen LogP contribution in [-0.2, 0) is 6.42 Å². The van der Waals surface area contributed by atoms with Crippen LogP contribution in [0, 0.1) is 5.82 Å². The van der Waals surface area contributed by atoms with Crippen molar-refractivity contribution in [2.75, 3.05) is 23.8 Å². The topological polar surface area (TPSA) is 64.6 Å². The van der Waals surface area contributed by atoms with Crippen molar-refractivity contribution >= 4 is 17.4 Å². The zero-order chi connectivity index (χ0) is 18.0. The van der Waals surface area contributed by atoms with E-state index < -0.39 is 18.2 Å². The van der Waals surface area contributed by atoms with E-state index in [0.29, 0.717) is 11.3 Å². The Morgan fingerprint density at radius 1 is 1.24 bits per heavy atom. The van der Waals surface area contributed by atoms with Crippen LogP contribution in [-0.4, -0.2) is 30.8 Å². The van der Waals surface area contributed by atoms with Gasteiger partial charge < -0.3 is 20.6 Å². The number of halogens is 1. The molecule has 0 fully saturated rings. The van der Waals surface area contributed by atoms with E-state index in [2.05, 4.69) is 15.5 Å². The largest absolute Gasteiger partial charge is 0.386 e. The summed E-state index contributed by atoms with van der Waals surface area (Å²) in [5.74, 6) is -0.365. The van der Waals surface area contributed by atoms with E-state index >= 15 is 0 Å². The van der Waals surface area contributed by atoms with E-state index in [1.54, 1.807) is 6.92 Å². The third-order valence-corrected chi connectivity index (χ3v) is 4.51. The van der Waals surface area contributed by atoms with Crippen molar-refractivity contribution in [2.24, 2.45) is 0 Å². The summed E-state index contributed by atoms with van der Waals surface area (Å²) < 4.78 is 13.0. The minimum absolute atomic E-state index is 0.365. The predicted octanol–water partition coefficient (Wildman–Crippen LogP) is 3.06. The number of fused-ring (bicyclic) bond motifs is 1. The monoisotopic (exact) mass is 343 g/mol. The first-order chi connectivity index (χ1) is 11.9. The molecule has 1 heterocycles. The third kappa shape index (κ3) is 3.91. The van der Waals surface area contributed by atoms with Crippen molar-refractivity contribution in [2.45, 2.75) is 25.5 Å². The van der Waals surface area contributed by atoms with Crippen molar-refractivity contribution in [3.63, 3.8) is 0 Å². The number of anilines is 2. The molecule has 0 saturated carbocycles. The second kappa shape index (κ2) is 7.11. The average Bonchev–Trinajstić information content (AvgIpc) is 2.95. The number of benzene rings is 2. The Morgan fingerprint density at radius 2 is 1.96 bits per heavy atom. The van der Waals surface area contributed by atoms with E-state index in [1.165, 1.54) is 29.8 Å². The minimum atomic E-state index is -0.919. The van der Waals surface area contributed by atoms with Crippen molar-refractivity contribution in [1.29, 1.82) is 0 Å². The molecule has 2 aromatic rings. The lowest BCUT2D eigenvalue weighted by molar-refractivity contribution is 0.139. The number of hydrogen-bond donors (Lipinski definition) is 3. The van der Waals surface area contributed by atoms with Crippen LogP contribution in [0.25, 0.3) is 0 Å². The quantitative estimate of drug-likeness (QED) is 0.799. The fraction of sp³-hybridized carbons (Fsp3) is 0.316. The number of rotatable bonds is 4. The molecule has 0 aliphatic carbocycles. The Morgan fingerprint density at radius 3 is 2.68 bits per heavy atom. The normalized spacial score (nSPS) is 15.4. The third-order valence-electron chi connectivity index (χ3n) is 4.51. The molecule has 0 spiro atoms. The van der Waals surface area contributed by atoms with Crippen LogP contribution in [0.15, 0.2) is 42.5 Å². The number of amides is 2. The van der Waals surface area contributed by atoms with Crippen molar-refractivity contribution in [1.82, 2.24) is 5.32 Å². The number of nitrogens with one attached hydrogen (secondary N) is 2. The number of likely N-dealkylation sites (N-methyl/N-ethyl adjacent to an activating group) is 1. The first kappa shape index (κ1) is 17.2. The Balaban J connectivity index is 1.60. The van der Waals surface area contributed by atoms with E-state index in [9.17, 15) is 14.3 Å². The molecule has 25 heavy (non-hydrogen) atoms. The SMILES string of the molecule is CC(NC(=O)Nc1ccc2c(c1)N(C)CC2)C(O)c1ccc(F)cc1. The molecule has 0 saturated heterocycles. The highest BCUT2D eigenvalue weighted by Crippen LogP contribution is 2.29. The fourth-order valence-electron chi connectivity index (χ4n) is 3.02. The van der Waals surface area contributed by atoms with E-state index in [-0.39, 0.29) is 5.82 Å². The van der Waals surface area contributed by atoms with Gasteiger partial charge in [-0.25, -0.2) is 9.18 Å². The van der Waals surface area contributed by atoms with Crippen LogP contribution in [0.4, 0.5) is 20.6 Å². The Kier molecular flexibility index (Phi) is 4.90. The van der Waals surface area contributed by atoms with Crippen LogP contribution in [0.1, 0.15) is 24.2 Å². The zero-order valence-corrected chi connectivity index (χ0v) is 14.3. The van der Waals surface area contributed by atoms with Gasteiger partial charge in [-0.05, 0) is 48.7 Å². The second-order valence-electron chi connectivity index (χ2n) is 6.40. The van der Waals surface area contributed by atoms with Gasteiger partial charge in [0.15, 0.2) is 0 Å². The molecular formula is C19H22FN3O2. The van der Waals surface area contributed by atoms with Crippen molar-refractivity contribution in [3.05, 3.63) is 59.4 Å². The molecule has 2 unspecified atom stereocenters. The van der Waals surface area contributed by atoms with Gasteiger partial charge in [-0.1, -0.05) is 18.2 Å². The molecule has 0 bridgehead atoms. The summed E-state index contributed by atoms with van der Waals surface area (Å²) in [7, 11) is 2.02. The molecule has 3 N–H and O–H groups in total. The highest BCUT2D eigenvalue weighted by atomic mass is 19.1. The van der Waals surface area contributed by atoms with Gasteiger partial charge in [-0.2, -0.15) is 0 Å². The van der Waals surface area contributed by atoms with Gasteiger partial charge in [0.2, 0.25) is 0 Å².